The predicted octanol–water partition coefficient (Wildman–Crippen LogP) is 8.52. The van der Waals surface area contributed by atoms with E-state index in [4.69, 9.17) is 9.47 Å². The van der Waals surface area contributed by atoms with Crippen molar-refractivity contribution in [3.05, 3.63) is 88.5 Å². The molecule has 0 bridgehead atoms. The first kappa shape index (κ1) is 28.8. The van der Waals surface area contributed by atoms with Crippen LogP contribution in [-0.4, -0.2) is 13.2 Å². The Bertz CT molecular complexity index is 1270. The number of rotatable bonds is 7. The largest absolute Gasteiger partial charge is 0.432 e. The molecule has 0 saturated carbocycles. The number of hydrogen-bond donors (Lipinski definition) is 0. The van der Waals surface area contributed by atoms with Gasteiger partial charge in [0.05, 0.1) is 13.2 Å². The number of halogens is 9. The minimum absolute atomic E-state index is 0.0347. The molecule has 0 N–H and O–H groups in total. The normalized spacial score (nSPS) is 18.3. The van der Waals surface area contributed by atoms with Crippen LogP contribution in [0.4, 0.5) is 39.5 Å². The summed E-state index contributed by atoms with van der Waals surface area (Å²) in [4.78, 5) is 0. The SMILES string of the molecule is CCCC1COC(c2cc(F)c(C(F)(F)Oc3ccc(-c4cc(F)c(C(F)(F)F)c(F)c4)cc3)c(F)c2)OC1. The van der Waals surface area contributed by atoms with Gasteiger partial charge in [0.2, 0.25) is 0 Å². The Labute approximate surface area is 217 Å². The van der Waals surface area contributed by atoms with E-state index < -0.39 is 58.7 Å². The first-order valence-electron chi connectivity index (χ1n) is 11.8. The first-order chi connectivity index (χ1) is 18.3. The highest BCUT2D eigenvalue weighted by molar-refractivity contribution is 5.65. The molecule has 0 spiro atoms. The van der Waals surface area contributed by atoms with Crippen molar-refractivity contribution < 1.29 is 53.7 Å². The first-order valence-corrected chi connectivity index (χ1v) is 11.8. The number of benzene rings is 3. The van der Waals surface area contributed by atoms with Gasteiger partial charge >= 0.3 is 12.3 Å². The molecule has 0 radical (unpaired) electrons. The molecule has 1 aliphatic rings. The summed E-state index contributed by atoms with van der Waals surface area (Å²) in [6.45, 7) is 2.54. The lowest BCUT2D eigenvalue weighted by atomic mass is 10.0. The standard InChI is InChI=1S/C27H21F9O3/c1-2-3-14-12-37-25(38-13-14)17-10-21(30)24(22(31)11-17)27(35,36)39-18-6-4-15(5-7-18)16-8-19(28)23(20(29)9-16)26(32,33)34/h4-11,14,25H,2-3,12-13H2,1H3. The van der Waals surface area contributed by atoms with Crippen LogP contribution >= 0.6 is 0 Å². The molecule has 1 saturated heterocycles. The second kappa shape index (κ2) is 11.1. The van der Waals surface area contributed by atoms with E-state index in [0.717, 1.165) is 37.1 Å². The van der Waals surface area contributed by atoms with Gasteiger partial charge in [-0.3, -0.25) is 0 Å². The summed E-state index contributed by atoms with van der Waals surface area (Å²) < 4.78 is 140. The number of hydrogen-bond acceptors (Lipinski definition) is 3. The molecule has 3 nitrogen and oxygen atoms in total. The monoisotopic (exact) mass is 564 g/mol. The molecule has 0 aliphatic carbocycles. The average Bonchev–Trinajstić information content (AvgIpc) is 2.83. The van der Waals surface area contributed by atoms with Gasteiger partial charge in [0.1, 0.15) is 40.1 Å². The maximum Gasteiger partial charge on any atom is 0.432 e. The van der Waals surface area contributed by atoms with Crippen LogP contribution in [0.1, 0.15) is 42.7 Å². The fraction of sp³-hybridized carbons (Fsp3) is 0.333. The third-order valence-corrected chi connectivity index (χ3v) is 6.05. The van der Waals surface area contributed by atoms with Crippen LogP contribution in [-0.2, 0) is 21.8 Å². The minimum Gasteiger partial charge on any atom is -0.429 e. The second-order valence-electron chi connectivity index (χ2n) is 8.97. The van der Waals surface area contributed by atoms with Gasteiger partial charge < -0.3 is 14.2 Å². The summed E-state index contributed by atoms with van der Waals surface area (Å²) in [5.41, 5.74) is -4.20. The predicted molar refractivity (Wildman–Crippen MR) is 121 cm³/mol. The van der Waals surface area contributed by atoms with Gasteiger partial charge in [-0.25, -0.2) is 17.6 Å². The van der Waals surface area contributed by atoms with Crippen molar-refractivity contribution in [3.63, 3.8) is 0 Å². The lowest BCUT2D eigenvalue weighted by Gasteiger charge is -2.30. The molecule has 4 rings (SSSR count). The average molecular weight is 564 g/mol. The molecule has 12 heteroatoms. The maximum absolute atomic E-state index is 14.8. The van der Waals surface area contributed by atoms with Gasteiger partial charge in [-0.2, -0.15) is 22.0 Å². The van der Waals surface area contributed by atoms with Crippen molar-refractivity contribution in [2.75, 3.05) is 13.2 Å². The molecule has 3 aromatic rings. The molecular formula is C27H21F9O3. The fourth-order valence-corrected chi connectivity index (χ4v) is 4.24. The molecule has 1 fully saturated rings. The molecular weight excluding hydrogens is 543 g/mol. The Balaban J connectivity index is 1.51. The zero-order chi connectivity index (χ0) is 28.5. The lowest BCUT2D eigenvalue weighted by Crippen LogP contribution is -2.28. The van der Waals surface area contributed by atoms with Gasteiger partial charge in [-0.1, -0.05) is 25.5 Å². The molecule has 0 amide bonds. The Kier molecular flexibility index (Phi) is 8.17. The van der Waals surface area contributed by atoms with Crippen LogP contribution in [0, 0.1) is 29.2 Å². The van der Waals surface area contributed by atoms with E-state index in [9.17, 15) is 39.5 Å². The van der Waals surface area contributed by atoms with Gasteiger partial charge in [0.15, 0.2) is 6.29 Å². The highest BCUT2D eigenvalue weighted by Crippen LogP contribution is 2.39. The molecule has 39 heavy (non-hydrogen) atoms. The molecule has 1 heterocycles. The van der Waals surface area contributed by atoms with E-state index in [0.29, 0.717) is 24.3 Å². The highest BCUT2D eigenvalue weighted by Gasteiger charge is 2.42. The van der Waals surface area contributed by atoms with Crippen LogP contribution in [0.3, 0.4) is 0 Å². The van der Waals surface area contributed by atoms with Gasteiger partial charge in [-0.15, -0.1) is 0 Å². The van der Waals surface area contributed by atoms with E-state index in [1.54, 1.807) is 0 Å². The van der Waals surface area contributed by atoms with Crippen LogP contribution in [0.25, 0.3) is 11.1 Å². The van der Waals surface area contributed by atoms with Gasteiger partial charge in [0.25, 0.3) is 0 Å². The summed E-state index contributed by atoms with van der Waals surface area (Å²) in [6.07, 6.45) is -9.15. The van der Waals surface area contributed by atoms with Crippen LogP contribution in [0.5, 0.6) is 5.75 Å². The summed E-state index contributed by atoms with van der Waals surface area (Å²) in [5.74, 6) is -7.40. The van der Waals surface area contributed by atoms with Crippen molar-refractivity contribution in [3.8, 4) is 16.9 Å². The van der Waals surface area contributed by atoms with E-state index in [1.807, 2.05) is 6.92 Å². The Morgan fingerprint density at radius 1 is 0.744 bits per heavy atom. The molecule has 3 aromatic carbocycles. The van der Waals surface area contributed by atoms with Crippen LogP contribution in [0.2, 0.25) is 0 Å². The van der Waals surface area contributed by atoms with Crippen molar-refractivity contribution in [2.24, 2.45) is 5.92 Å². The summed E-state index contributed by atoms with van der Waals surface area (Å²) in [7, 11) is 0. The molecule has 210 valence electrons. The molecule has 1 aliphatic heterocycles. The van der Waals surface area contributed by atoms with Crippen molar-refractivity contribution >= 4 is 0 Å². The Morgan fingerprint density at radius 2 is 1.26 bits per heavy atom. The quantitative estimate of drug-likeness (QED) is 0.269. The van der Waals surface area contributed by atoms with Crippen molar-refractivity contribution in [2.45, 2.75) is 38.3 Å². The van der Waals surface area contributed by atoms with Crippen LogP contribution in [0.15, 0.2) is 48.5 Å². The summed E-state index contributed by atoms with van der Waals surface area (Å²) in [5, 5.41) is 0. The Hall–Kier alpha value is -3.25. The van der Waals surface area contributed by atoms with Crippen LogP contribution < -0.4 is 4.74 Å². The van der Waals surface area contributed by atoms with E-state index >= 15 is 0 Å². The van der Waals surface area contributed by atoms with E-state index in [2.05, 4.69) is 4.74 Å². The second-order valence-corrected chi connectivity index (χ2v) is 8.97. The van der Waals surface area contributed by atoms with Crippen molar-refractivity contribution in [1.82, 2.24) is 0 Å². The highest BCUT2D eigenvalue weighted by atomic mass is 19.4. The van der Waals surface area contributed by atoms with Crippen molar-refractivity contribution in [1.29, 1.82) is 0 Å². The van der Waals surface area contributed by atoms with Gasteiger partial charge in [0, 0.05) is 11.5 Å². The minimum atomic E-state index is -5.26. The summed E-state index contributed by atoms with van der Waals surface area (Å²) >= 11 is 0. The maximum atomic E-state index is 14.8. The Morgan fingerprint density at radius 3 is 1.74 bits per heavy atom. The smallest absolute Gasteiger partial charge is 0.429 e. The third-order valence-electron chi connectivity index (χ3n) is 6.05. The van der Waals surface area contributed by atoms with E-state index in [-0.39, 0.29) is 35.8 Å². The molecule has 0 aromatic heterocycles. The third kappa shape index (κ3) is 6.33. The lowest BCUT2D eigenvalue weighted by molar-refractivity contribution is -0.206. The number of ether oxygens (including phenoxy) is 3. The zero-order valence-corrected chi connectivity index (χ0v) is 20.2. The molecule has 0 atom stereocenters. The topological polar surface area (TPSA) is 27.7 Å². The number of alkyl halides is 5. The molecule has 0 unspecified atom stereocenters. The van der Waals surface area contributed by atoms with E-state index in [1.165, 1.54) is 0 Å². The van der Waals surface area contributed by atoms with Gasteiger partial charge in [-0.05, 0) is 53.9 Å². The zero-order valence-electron chi connectivity index (χ0n) is 20.2. The summed E-state index contributed by atoms with van der Waals surface area (Å²) in [6, 6.07) is 6.07. The fourth-order valence-electron chi connectivity index (χ4n) is 4.24.